The first-order valence-corrected chi connectivity index (χ1v) is 13.8. The predicted octanol–water partition coefficient (Wildman–Crippen LogP) is 8.80. The van der Waals surface area contributed by atoms with Crippen LogP contribution in [-0.2, 0) is 0 Å². The number of nitrogens with zero attached hydrogens (tertiary/aromatic N) is 4. The minimum atomic E-state index is 0.694. The van der Waals surface area contributed by atoms with E-state index in [1.165, 1.54) is 25.9 Å². The highest BCUT2D eigenvalue weighted by Gasteiger charge is 2.24. The molecule has 4 nitrogen and oxygen atoms in total. The van der Waals surface area contributed by atoms with Gasteiger partial charge in [0.15, 0.2) is 0 Å². The molecule has 5 heteroatoms. The highest BCUT2D eigenvalue weighted by molar-refractivity contribution is 7.99. The van der Waals surface area contributed by atoms with E-state index in [2.05, 4.69) is 131 Å². The van der Waals surface area contributed by atoms with Crippen LogP contribution in [-0.4, -0.2) is 19.1 Å². The van der Waals surface area contributed by atoms with Crippen LogP contribution in [0.5, 0.6) is 0 Å². The van der Waals surface area contributed by atoms with Gasteiger partial charge in [0.25, 0.3) is 0 Å². The lowest BCUT2D eigenvalue weighted by Gasteiger charge is -2.20. The third-order valence-electron chi connectivity index (χ3n) is 7.75. The second-order valence-corrected chi connectivity index (χ2v) is 11.0. The van der Waals surface area contributed by atoms with E-state index in [1.54, 1.807) is 11.8 Å². The smallest absolute Gasteiger partial charge is 0.235 e. The van der Waals surface area contributed by atoms with Gasteiger partial charge in [-0.05, 0) is 54.6 Å². The van der Waals surface area contributed by atoms with Gasteiger partial charge < -0.3 is 4.57 Å². The number of hydrogen-bond donors (Lipinski definition) is 0. The average molecular weight is 517 g/mol. The van der Waals surface area contributed by atoms with Crippen LogP contribution in [0, 0.1) is 0 Å². The van der Waals surface area contributed by atoms with E-state index in [0.29, 0.717) is 5.95 Å². The van der Waals surface area contributed by atoms with E-state index in [0.717, 1.165) is 44.4 Å². The SMILES string of the molecule is c1ccc(-n2ccc3cc4c5ccccc5n(-c5nc6c7c(cccc7n5)Sc5ccccc5-6)c4cc32)cc1. The first kappa shape index (κ1) is 21.1. The molecule has 8 aromatic rings. The second-order valence-electron chi connectivity index (χ2n) is 9.92. The summed E-state index contributed by atoms with van der Waals surface area (Å²) >= 11 is 1.80. The molecule has 0 amide bonds. The van der Waals surface area contributed by atoms with Crippen molar-refractivity contribution in [3.8, 4) is 22.9 Å². The highest BCUT2D eigenvalue weighted by atomic mass is 32.2. The Kier molecular flexibility index (Phi) is 4.23. The van der Waals surface area contributed by atoms with Crippen molar-refractivity contribution < 1.29 is 0 Å². The van der Waals surface area contributed by atoms with Gasteiger partial charge in [0.1, 0.15) is 0 Å². The van der Waals surface area contributed by atoms with Gasteiger partial charge in [0, 0.05) is 48.8 Å². The molecular formula is C34H20N4S. The summed E-state index contributed by atoms with van der Waals surface area (Å²) in [6, 6.07) is 40.8. The number of rotatable bonds is 2. The maximum absolute atomic E-state index is 5.30. The molecular weight excluding hydrogens is 496 g/mol. The van der Waals surface area contributed by atoms with Crippen LogP contribution in [0.2, 0.25) is 0 Å². The molecule has 1 aliphatic rings. The van der Waals surface area contributed by atoms with Crippen molar-refractivity contribution >= 4 is 55.4 Å². The summed E-state index contributed by atoms with van der Waals surface area (Å²) in [5, 5.41) is 4.74. The minimum absolute atomic E-state index is 0.694. The van der Waals surface area contributed by atoms with Crippen molar-refractivity contribution in [3.05, 3.63) is 121 Å². The van der Waals surface area contributed by atoms with Gasteiger partial charge in [-0.1, -0.05) is 72.4 Å². The largest absolute Gasteiger partial charge is 0.316 e. The lowest BCUT2D eigenvalue weighted by molar-refractivity contribution is 1.01. The van der Waals surface area contributed by atoms with Crippen molar-refractivity contribution in [2.45, 2.75) is 9.79 Å². The van der Waals surface area contributed by atoms with Gasteiger partial charge in [-0.25, -0.2) is 9.97 Å². The third-order valence-corrected chi connectivity index (χ3v) is 8.89. The van der Waals surface area contributed by atoms with Crippen LogP contribution in [0.15, 0.2) is 131 Å². The van der Waals surface area contributed by atoms with Crippen LogP contribution < -0.4 is 0 Å². The van der Waals surface area contributed by atoms with E-state index in [1.807, 2.05) is 0 Å². The fourth-order valence-electron chi connectivity index (χ4n) is 6.02. The fourth-order valence-corrected chi connectivity index (χ4v) is 7.12. The molecule has 0 atom stereocenters. The van der Waals surface area contributed by atoms with Gasteiger partial charge in [-0.15, -0.1) is 0 Å². The zero-order valence-electron chi connectivity index (χ0n) is 20.7. The summed E-state index contributed by atoms with van der Waals surface area (Å²) in [5.74, 6) is 0.694. The summed E-state index contributed by atoms with van der Waals surface area (Å²) in [6.45, 7) is 0. The monoisotopic (exact) mass is 516 g/mol. The maximum atomic E-state index is 5.30. The van der Waals surface area contributed by atoms with Crippen molar-refractivity contribution in [1.82, 2.24) is 19.1 Å². The molecule has 9 rings (SSSR count). The number of hydrogen-bond acceptors (Lipinski definition) is 3. The zero-order chi connectivity index (χ0) is 25.5. The molecule has 0 radical (unpaired) electrons. The minimum Gasteiger partial charge on any atom is -0.316 e. The third kappa shape index (κ3) is 2.96. The Balaban J connectivity index is 1.40. The lowest BCUT2D eigenvalue weighted by atomic mass is 10.1. The van der Waals surface area contributed by atoms with Crippen molar-refractivity contribution in [1.29, 1.82) is 0 Å². The summed E-state index contributed by atoms with van der Waals surface area (Å²) in [5.41, 5.74) is 7.63. The summed E-state index contributed by atoms with van der Waals surface area (Å²) < 4.78 is 4.49. The Hall–Kier alpha value is -4.87. The molecule has 3 aromatic heterocycles. The molecule has 39 heavy (non-hydrogen) atoms. The normalized spacial score (nSPS) is 12.5. The zero-order valence-corrected chi connectivity index (χ0v) is 21.6. The van der Waals surface area contributed by atoms with E-state index in [-0.39, 0.29) is 0 Å². The number of aromatic nitrogens is 4. The quantitative estimate of drug-likeness (QED) is 0.230. The van der Waals surface area contributed by atoms with Crippen LogP contribution in [0.4, 0.5) is 0 Å². The molecule has 5 aromatic carbocycles. The van der Waals surface area contributed by atoms with Crippen molar-refractivity contribution in [2.24, 2.45) is 0 Å². The summed E-state index contributed by atoms with van der Waals surface area (Å²) in [4.78, 5) is 12.9. The Morgan fingerprint density at radius 1 is 0.590 bits per heavy atom. The van der Waals surface area contributed by atoms with E-state index >= 15 is 0 Å². The van der Waals surface area contributed by atoms with Crippen LogP contribution in [0.25, 0.3) is 66.5 Å². The second kappa shape index (κ2) is 7.82. The maximum Gasteiger partial charge on any atom is 0.235 e. The van der Waals surface area contributed by atoms with E-state index < -0.39 is 0 Å². The molecule has 0 saturated heterocycles. The molecule has 0 N–H and O–H groups in total. The Morgan fingerprint density at radius 2 is 1.41 bits per heavy atom. The molecule has 0 unspecified atom stereocenters. The van der Waals surface area contributed by atoms with Crippen molar-refractivity contribution in [3.63, 3.8) is 0 Å². The Labute approximate surface area is 228 Å². The van der Waals surface area contributed by atoms with Crippen LogP contribution >= 0.6 is 11.8 Å². The summed E-state index contributed by atoms with van der Waals surface area (Å²) in [6.07, 6.45) is 2.15. The number of fused-ring (bicyclic) bond motifs is 6. The van der Waals surface area contributed by atoms with Crippen molar-refractivity contribution in [2.75, 3.05) is 0 Å². The standard InChI is InChI=1S/C34H20N4S/c1-2-9-22(10-3-1)37-18-17-21-19-25-23-11-4-6-14-27(23)38(29(25)20-28(21)37)34-35-26-13-8-16-31-32(26)33(36-34)24-12-5-7-15-30(24)39-31/h1-20H. The number of benzene rings is 5. The molecule has 4 heterocycles. The average Bonchev–Trinajstić information content (AvgIpc) is 3.55. The molecule has 0 saturated carbocycles. The highest BCUT2D eigenvalue weighted by Crippen LogP contribution is 2.47. The molecule has 182 valence electrons. The van der Waals surface area contributed by atoms with Gasteiger partial charge in [0.2, 0.25) is 5.95 Å². The topological polar surface area (TPSA) is 35.6 Å². The van der Waals surface area contributed by atoms with Crippen LogP contribution in [0.1, 0.15) is 0 Å². The Bertz CT molecular complexity index is 2260. The first-order chi connectivity index (χ1) is 19.3. The van der Waals surface area contributed by atoms with E-state index in [4.69, 9.17) is 9.97 Å². The van der Waals surface area contributed by atoms with Crippen LogP contribution in [0.3, 0.4) is 0 Å². The fraction of sp³-hybridized carbons (Fsp3) is 0. The predicted molar refractivity (Wildman–Crippen MR) is 160 cm³/mol. The van der Waals surface area contributed by atoms with Gasteiger partial charge in [-0.2, -0.15) is 0 Å². The Morgan fingerprint density at radius 3 is 2.36 bits per heavy atom. The van der Waals surface area contributed by atoms with Gasteiger partial charge in [-0.3, -0.25) is 4.57 Å². The van der Waals surface area contributed by atoms with Gasteiger partial charge in [0.05, 0.1) is 27.8 Å². The first-order valence-electron chi connectivity index (χ1n) is 13.0. The molecule has 0 fully saturated rings. The molecule has 0 aliphatic carbocycles. The lowest BCUT2D eigenvalue weighted by Crippen LogP contribution is -2.05. The molecule has 0 spiro atoms. The van der Waals surface area contributed by atoms with E-state index in [9.17, 15) is 0 Å². The van der Waals surface area contributed by atoms with Gasteiger partial charge >= 0.3 is 0 Å². The molecule has 0 bridgehead atoms. The molecule has 1 aliphatic heterocycles. The number of para-hydroxylation sites is 2. The summed E-state index contributed by atoms with van der Waals surface area (Å²) in [7, 11) is 0.